The molecule has 2 aromatic rings. The Bertz CT molecular complexity index is 662. The first kappa shape index (κ1) is 22.3. The average molecular weight is 461 g/mol. The molecule has 0 fully saturated rings. The van der Waals surface area contributed by atoms with Gasteiger partial charge in [0, 0.05) is 22.9 Å². The van der Waals surface area contributed by atoms with Gasteiger partial charge in [-0.05, 0) is 34.1 Å². The molecule has 2 unspecified atom stereocenters. The van der Waals surface area contributed by atoms with Crippen LogP contribution in [0.1, 0.15) is 0 Å². The number of para-hydroxylation sites is 2. The molecule has 4 nitrogen and oxygen atoms in total. The van der Waals surface area contributed by atoms with Gasteiger partial charge in [0.2, 0.25) is 11.8 Å². The van der Waals surface area contributed by atoms with Crippen LogP contribution in [0.25, 0.3) is 0 Å². The van der Waals surface area contributed by atoms with Gasteiger partial charge >= 0.3 is 0 Å². The van der Waals surface area contributed by atoms with Gasteiger partial charge in [0.05, 0.1) is 0 Å². The van der Waals surface area contributed by atoms with Crippen molar-refractivity contribution in [3.05, 3.63) is 60.7 Å². The Morgan fingerprint density at radius 2 is 1.11 bits per heavy atom. The van der Waals surface area contributed by atoms with E-state index in [2.05, 4.69) is 10.6 Å². The number of carbonyl (C=O) groups excluding carboxylic acids is 2. The minimum Gasteiger partial charge on any atom is -0.325 e. The van der Waals surface area contributed by atoms with Crippen LogP contribution in [0.15, 0.2) is 60.7 Å². The lowest BCUT2D eigenvalue weighted by Gasteiger charge is -2.11. The van der Waals surface area contributed by atoms with Gasteiger partial charge in [-0.1, -0.05) is 58.0 Å². The Hall–Kier alpha value is -0.990. The number of benzene rings is 2. The van der Waals surface area contributed by atoms with Gasteiger partial charge in [0.1, 0.15) is 10.8 Å². The van der Waals surface area contributed by atoms with E-state index in [1.54, 1.807) is 24.3 Å². The first-order valence-electron chi connectivity index (χ1n) is 7.97. The molecule has 0 radical (unpaired) electrons. The van der Waals surface area contributed by atoms with E-state index in [4.69, 9.17) is 23.2 Å². The Morgan fingerprint density at radius 1 is 0.741 bits per heavy atom. The van der Waals surface area contributed by atoms with Crippen LogP contribution in [0.5, 0.6) is 0 Å². The maximum atomic E-state index is 12.0. The number of nitrogens with one attached hydrogen (secondary N) is 2. The second-order valence-corrected chi connectivity index (χ2v) is 10.7. The number of hydrogen-bond donors (Lipinski definition) is 2. The zero-order chi connectivity index (χ0) is 19.5. The highest BCUT2D eigenvalue weighted by Gasteiger charge is 2.18. The Labute approximate surface area is 180 Å². The smallest absolute Gasteiger partial charge is 0.243 e. The standard InChI is InChI=1S/C18H18Cl2N2O2S3/c19-15(17(23)21-13-7-3-1-4-8-13)11-25-27-26-12-16(20)18(24)22-14-9-5-2-6-10-14/h1-10,15-16H,11-12H2,(H,21,23)(H,22,24). The van der Waals surface area contributed by atoms with Crippen LogP contribution in [0.3, 0.4) is 0 Å². The molecule has 0 aliphatic rings. The molecule has 2 rings (SSSR count). The van der Waals surface area contributed by atoms with Crippen LogP contribution in [-0.2, 0) is 9.59 Å². The fraction of sp³-hybridized carbons (Fsp3) is 0.222. The molecule has 0 saturated heterocycles. The quantitative estimate of drug-likeness (QED) is 0.278. The van der Waals surface area contributed by atoms with Crippen molar-refractivity contribution in [2.24, 2.45) is 0 Å². The molecule has 0 heterocycles. The molecule has 2 N–H and O–H groups in total. The minimum absolute atomic E-state index is 0.238. The summed E-state index contributed by atoms with van der Waals surface area (Å²) in [6.07, 6.45) is 0. The van der Waals surface area contributed by atoms with Gasteiger partial charge in [-0.2, -0.15) is 0 Å². The summed E-state index contributed by atoms with van der Waals surface area (Å²) in [7, 11) is 4.37. The third kappa shape index (κ3) is 8.70. The van der Waals surface area contributed by atoms with Gasteiger partial charge in [-0.15, -0.1) is 23.2 Å². The van der Waals surface area contributed by atoms with Gasteiger partial charge < -0.3 is 10.6 Å². The Balaban J connectivity index is 1.59. The molecule has 0 aliphatic carbocycles. The number of halogens is 2. The molecule has 0 saturated carbocycles. The molecular formula is C18H18Cl2N2O2S3. The van der Waals surface area contributed by atoms with Crippen LogP contribution >= 0.6 is 54.6 Å². The van der Waals surface area contributed by atoms with Gasteiger partial charge in [0.15, 0.2) is 0 Å². The predicted octanol–water partition coefficient (Wildman–Crippen LogP) is 5.51. The first-order chi connectivity index (χ1) is 13.1. The number of hydrogen-bond acceptors (Lipinski definition) is 5. The lowest BCUT2D eigenvalue weighted by atomic mass is 10.3. The zero-order valence-electron chi connectivity index (χ0n) is 14.1. The molecule has 27 heavy (non-hydrogen) atoms. The predicted molar refractivity (Wildman–Crippen MR) is 122 cm³/mol. The van der Waals surface area contributed by atoms with Crippen molar-refractivity contribution < 1.29 is 9.59 Å². The Kier molecular flexibility index (Phi) is 10.3. The van der Waals surface area contributed by atoms with E-state index >= 15 is 0 Å². The molecule has 2 amide bonds. The third-order valence-electron chi connectivity index (χ3n) is 3.18. The monoisotopic (exact) mass is 460 g/mol. The zero-order valence-corrected chi connectivity index (χ0v) is 18.1. The van der Waals surface area contributed by atoms with Gasteiger partial charge in [-0.25, -0.2) is 0 Å². The lowest BCUT2D eigenvalue weighted by Crippen LogP contribution is -2.25. The van der Waals surface area contributed by atoms with Crippen molar-refractivity contribution in [3.63, 3.8) is 0 Å². The molecule has 0 spiro atoms. The number of alkyl halides is 2. The molecule has 2 atom stereocenters. The molecule has 0 bridgehead atoms. The topological polar surface area (TPSA) is 58.2 Å². The Morgan fingerprint density at radius 3 is 1.48 bits per heavy atom. The SMILES string of the molecule is O=C(Nc1ccccc1)C(Cl)CSSSCC(Cl)C(=O)Nc1ccccc1. The summed E-state index contributed by atoms with van der Waals surface area (Å²) in [6.45, 7) is 0. The van der Waals surface area contributed by atoms with E-state index < -0.39 is 10.8 Å². The summed E-state index contributed by atoms with van der Waals surface area (Å²) in [6, 6.07) is 18.4. The highest BCUT2D eigenvalue weighted by atomic mass is 35.5. The maximum absolute atomic E-state index is 12.0. The van der Waals surface area contributed by atoms with E-state index in [0.29, 0.717) is 11.5 Å². The van der Waals surface area contributed by atoms with Crippen molar-refractivity contribution in [2.75, 3.05) is 22.1 Å². The van der Waals surface area contributed by atoms with Crippen molar-refractivity contribution in [2.45, 2.75) is 10.8 Å². The van der Waals surface area contributed by atoms with Gasteiger partial charge in [0.25, 0.3) is 0 Å². The van der Waals surface area contributed by atoms with Crippen molar-refractivity contribution in [1.29, 1.82) is 0 Å². The molecular weight excluding hydrogens is 443 g/mol. The van der Waals surface area contributed by atoms with Crippen LogP contribution in [-0.4, -0.2) is 34.1 Å². The summed E-state index contributed by atoms with van der Waals surface area (Å²) in [5, 5.41) is 4.24. The second-order valence-electron chi connectivity index (χ2n) is 5.28. The molecule has 2 aromatic carbocycles. The van der Waals surface area contributed by atoms with Crippen LogP contribution in [0.4, 0.5) is 11.4 Å². The third-order valence-corrected chi connectivity index (χ3v) is 8.50. The highest BCUT2D eigenvalue weighted by Crippen LogP contribution is 2.36. The summed E-state index contributed by atoms with van der Waals surface area (Å²) >= 11 is 12.2. The lowest BCUT2D eigenvalue weighted by molar-refractivity contribution is -0.116. The molecule has 144 valence electrons. The first-order valence-corrected chi connectivity index (χ1v) is 12.7. The number of amides is 2. The average Bonchev–Trinajstić information content (AvgIpc) is 2.68. The molecule has 0 aromatic heterocycles. The number of anilines is 2. The van der Waals surface area contributed by atoms with E-state index in [0.717, 1.165) is 11.4 Å². The van der Waals surface area contributed by atoms with Crippen molar-refractivity contribution >= 4 is 77.8 Å². The molecule has 9 heteroatoms. The van der Waals surface area contributed by atoms with Crippen molar-refractivity contribution in [1.82, 2.24) is 0 Å². The summed E-state index contributed by atoms with van der Waals surface area (Å²) in [4.78, 5) is 24.0. The molecule has 0 aliphatic heterocycles. The largest absolute Gasteiger partial charge is 0.325 e. The normalized spacial score (nSPS) is 12.8. The fourth-order valence-electron chi connectivity index (χ4n) is 1.84. The minimum atomic E-state index is -0.642. The van der Waals surface area contributed by atoms with Crippen LogP contribution in [0.2, 0.25) is 0 Å². The van der Waals surface area contributed by atoms with E-state index in [1.165, 1.54) is 31.4 Å². The van der Waals surface area contributed by atoms with Gasteiger partial charge in [-0.3, -0.25) is 9.59 Å². The number of rotatable bonds is 10. The summed E-state index contributed by atoms with van der Waals surface area (Å²) in [5.41, 5.74) is 1.43. The second kappa shape index (κ2) is 12.5. The van der Waals surface area contributed by atoms with E-state index in [9.17, 15) is 9.59 Å². The maximum Gasteiger partial charge on any atom is 0.243 e. The van der Waals surface area contributed by atoms with E-state index in [1.807, 2.05) is 36.4 Å². The van der Waals surface area contributed by atoms with Crippen LogP contribution < -0.4 is 10.6 Å². The van der Waals surface area contributed by atoms with E-state index in [-0.39, 0.29) is 11.8 Å². The van der Waals surface area contributed by atoms with Crippen molar-refractivity contribution in [3.8, 4) is 0 Å². The fourth-order valence-corrected chi connectivity index (χ4v) is 6.47. The number of carbonyl (C=O) groups is 2. The van der Waals surface area contributed by atoms with Crippen LogP contribution in [0, 0.1) is 0 Å². The highest BCUT2D eigenvalue weighted by molar-refractivity contribution is 9.09. The summed E-state index contributed by atoms with van der Waals surface area (Å²) < 4.78 is 0. The summed E-state index contributed by atoms with van der Waals surface area (Å²) in [5.74, 6) is 0.416.